The highest BCUT2D eigenvalue weighted by Gasteiger charge is 2.23. The first-order valence-corrected chi connectivity index (χ1v) is 17.1. The van der Waals surface area contributed by atoms with E-state index in [-0.39, 0.29) is 29.9 Å². The molecule has 55 heavy (non-hydrogen) atoms. The van der Waals surface area contributed by atoms with E-state index in [1.807, 2.05) is 48.5 Å². The first kappa shape index (κ1) is 34.2. The summed E-state index contributed by atoms with van der Waals surface area (Å²) in [6, 6.07) is 31.2. The number of aromatic nitrogens is 2. The van der Waals surface area contributed by atoms with Crippen molar-refractivity contribution in [3.8, 4) is 0 Å². The molecule has 2 heterocycles. The topological polar surface area (TPSA) is 13.1 Å². The normalized spacial score (nSPS) is 11.8. The number of benzene rings is 7. The molecular formula is C44H25F8N3. The van der Waals surface area contributed by atoms with Gasteiger partial charge in [-0.05, 0) is 72.8 Å². The molecule has 0 N–H and O–H groups in total. The second-order valence-corrected chi connectivity index (χ2v) is 13.3. The van der Waals surface area contributed by atoms with Crippen molar-refractivity contribution in [1.82, 2.24) is 9.13 Å². The molecular weight excluding hydrogens is 722 g/mol. The van der Waals surface area contributed by atoms with Crippen LogP contribution in [0.2, 0.25) is 0 Å². The highest BCUT2D eigenvalue weighted by molar-refractivity contribution is 6.11. The third-order valence-corrected chi connectivity index (χ3v) is 10.0. The molecule has 0 atom stereocenters. The minimum atomic E-state index is -1.29. The Bertz CT molecular complexity index is 2830. The van der Waals surface area contributed by atoms with Crippen LogP contribution in [0.25, 0.3) is 43.6 Å². The maximum atomic E-state index is 15.8. The van der Waals surface area contributed by atoms with Gasteiger partial charge in [0.15, 0.2) is 23.3 Å². The van der Waals surface area contributed by atoms with Gasteiger partial charge in [-0.15, -0.1) is 0 Å². The molecule has 3 nitrogen and oxygen atoms in total. The van der Waals surface area contributed by atoms with Gasteiger partial charge in [0.1, 0.15) is 23.3 Å². The summed E-state index contributed by atoms with van der Waals surface area (Å²) >= 11 is 0. The summed E-state index contributed by atoms with van der Waals surface area (Å²) in [5, 5.41) is 2.89. The molecule has 9 rings (SSSR count). The van der Waals surface area contributed by atoms with Crippen LogP contribution in [-0.2, 0) is 13.1 Å². The summed E-state index contributed by atoms with van der Waals surface area (Å²) in [6.07, 6.45) is 0. The van der Waals surface area contributed by atoms with Crippen LogP contribution in [0.5, 0.6) is 0 Å². The van der Waals surface area contributed by atoms with E-state index in [9.17, 15) is 30.7 Å². The number of rotatable bonds is 7. The number of fused-ring (bicyclic) bond motifs is 6. The van der Waals surface area contributed by atoms with Gasteiger partial charge in [0.05, 0.1) is 18.8 Å². The molecule has 272 valence electrons. The Balaban J connectivity index is 1.23. The molecule has 0 saturated carbocycles. The van der Waals surface area contributed by atoms with Crippen LogP contribution >= 0.6 is 0 Å². The zero-order valence-electron chi connectivity index (χ0n) is 28.4. The molecule has 0 saturated heterocycles. The molecule has 0 spiro atoms. The largest absolute Gasteiger partial charge is 0.336 e. The molecule has 2 aromatic heterocycles. The van der Waals surface area contributed by atoms with E-state index in [1.54, 1.807) is 50.4 Å². The van der Waals surface area contributed by atoms with Crippen molar-refractivity contribution in [3.05, 3.63) is 185 Å². The molecule has 0 fully saturated rings. The van der Waals surface area contributed by atoms with Gasteiger partial charge in [-0.2, -0.15) is 0 Å². The Morgan fingerprint density at radius 2 is 0.800 bits per heavy atom. The second kappa shape index (κ2) is 13.0. The molecule has 7 aromatic carbocycles. The molecule has 0 aliphatic heterocycles. The van der Waals surface area contributed by atoms with Gasteiger partial charge in [0, 0.05) is 84.3 Å². The Morgan fingerprint density at radius 3 is 1.27 bits per heavy atom. The Morgan fingerprint density at radius 1 is 0.364 bits per heavy atom. The Hall–Kier alpha value is -6.62. The number of anilines is 3. The van der Waals surface area contributed by atoms with Crippen LogP contribution in [0.15, 0.2) is 127 Å². The van der Waals surface area contributed by atoms with Crippen molar-refractivity contribution in [2.45, 2.75) is 13.1 Å². The highest BCUT2D eigenvalue weighted by Crippen LogP contribution is 2.42. The lowest BCUT2D eigenvalue weighted by Crippen LogP contribution is -2.12. The van der Waals surface area contributed by atoms with E-state index < -0.39 is 46.5 Å². The van der Waals surface area contributed by atoms with Crippen molar-refractivity contribution in [2.75, 3.05) is 4.90 Å². The van der Waals surface area contributed by atoms with Crippen molar-refractivity contribution >= 4 is 60.7 Å². The molecule has 0 amide bonds. The van der Waals surface area contributed by atoms with Crippen LogP contribution in [0.3, 0.4) is 0 Å². The van der Waals surface area contributed by atoms with Crippen molar-refractivity contribution in [3.63, 3.8) is 0 Å². The zero-order chi connectivity index (χ0) is 38.1. The van der Waals surface area contributed by atoms with E-state index in [4.69, 9.17) is 0 Å². The summed E-state index contributed by atoms with van der Waals surface area (Å²) in [5.74, 6) is -8.33. The first-order chi connectivity index (χ1) is 26.5. The maximum absolute atomic E-state index is 15.8. The third kappa shape index (κ3) is 5.74. The van der Waals surface area contributed by atoms with Gasteiger partial charge in [-0.3, -0.25) is 0 Å². The summed E-state index contributed by atoms with van der Waals surface area (Å²) in [4.78, 5) is 1.62. The van der Waals surface area contributed by atoms with E-state index in [1.165, 1.54) is 6.07 Å². The number of halogens is 8. The first-order valence-electron chi connectivity index (χ1n) is 17.1. The van der Waals surface area contributed by atoms with Crippen molar-refractivity contribution in [2.24, 2.45) is 0 Å². The summed E-state index contributed by atoms with van der Waals surface area (Å²) in [6.45, 7) is -0.226. The van der Waals surface area contributed by atoms with E-state index in [0.29, 0.717) is 56.3 Å². The summed E-state index contributed by atoms with van der Waals surface area (Å²) in [7, 11) is 0. The fraction of sp³-hybridized carbons (Fsp3) is 0.0455. The molecule has 0 radical (unpaired) electrons. The van der Waals surface area contributed by atoms with Crippen LogP contribution in [0.4, 0.5) is 52.2 Å². The van der Waals surface area contributed by atoms with E-state index in [0.717, 1.165) is 35.0 Å². The molecule has 0 unspecified atom stereocenters. The van der Waals surface area contributed by atoms with Crippen LogP contribution in [-0.4, -0.2) is 9.13 Å². The Labute approximate surface area is 307 Å². The average Bonchev–Trinajstić information content (AvgIpc) is 3.65. The van der Waals surface area contributed by atoms with Gasteiger partial charge in [0.2, 0.25) is 0 Å². The predicted octanol–water partition coefficient (Wildman–Crippen LogP) is 12.6. The van der Waals surface area contributed by atoms with Crippen LogP contribution in [0, 0.1) is 46.5 Å². The molecule has 0 bridgehead atoms. The van der Waals surface area contributed by atoms with Crippen LogP contribution < -0.4 is 4.90 Å². The van der Waals surface area contributed by atoms with Gasteiger partial charge in [0.25, 0.3) is 0 Å². The molecule has 0 aliphatic carbocycles. The highest BCUT2D eigenvalue weighted by atomic mass is 19.2. The van der Waals surface area contributed by atoms with E-state index in [2.05, 4.69) is 0 Å². The summed E-state index contributed by atoms with van der Waals surface area (Å²) < 4.78 is 119. The lowest BCUT2D eigenvalue weighted by Gasteiger charge is -2.26. The maximum Gasteiger partial charge on any atom is 0.161 e. The minimum Gasteiger partial charge on any atom is -0.336 e. The monoisotopic (exact) mass is 747 g/mol. The Kier molecular flexibility index (Phi) is 8.11. The fourth-order valence-electron chi connectivity index (χ4n) is 7.50. The van der Waals surface area contributed by atoms with Crippen molar-refractivity contribution in [1.29, 1.82) is 0 Å². The number of para-hydroxylation sites is 2. The average molecular weight is 748 g/mol. The third-order valence-electron chi connectivity index (χ3n) is 10.0. The van der Waals surface area contributed by atoms with E-state index >= 15 is 4.39 Å². The molecule has 0 aliphatic rings. The second-order valence-electron chi connectivity index (χ2n) is 13.3. The fourth-order valence-corrected chi connectivity index (χ4v) is 7.50. The lowest BCUT2D eigenvalue weighted by molar-refractivity contribution is 0.489. The molecule has 11 heteroatoms. The number of nitrogens with zero attached hydrogens (tertiary/aromatic N) is 3. The molecule has 9 aromatic rings. The zero-order valence-corrected chi connectivity index (χ0v) is 28.4. The smallest absolute Gasteiger partial charge is 0.161 e. The van der Waals surface area contributed by atoms with Crippen molar-refractivity contribution < 1.29 is 35.1 Å². The summed E-state index contributed by atoms with van der Waals surface area (Å²) in [5.41, 5.74) is 3.52. The predicted molar refractivity (Wildman–Crippen MR) is 198 cm³/mol. The van der Waals surface area contributed by atoms with Crippen LogP contribution in [0.1, 0.15) is 11.1 Å². The SMILES string of the molecule is Fc1ccc(N(c2ccc3c(c2)c2ccccc2n3Cc2cc(F)c(F)cc2F)c2ccc3c(c2)c2ccccc2n3Cc2cc(F)c(F)cc2F)c(F)c1. The lowest BCUT2D eigenvalue weighted by atomic mass is 10.1. The standard InChI is InChI=1S/C44H25F8N3/c45-26-9-12-44(39(52)17-26)55(27-10-13-42-31(18-27)29-5-1-3-7-40(29)53(42)22-24-15-35(48)37(50)20-33(24)46)28-11-14-43-32(19-28)30-6-2-4-8-41(30)54(43)23-25-16-36(49)38(51)21-34(25)47/h1-21H,22-23H2. The van der Waals surface area contributed by atoms with Gasteiger partial charge < -0.3 is 14.0 Å². The quantitative estimate of drug-likeness (QED) is 0.117. The minimum absolute atomic E-state index is 0.0280. The van der Waals surface area contributed by atoms with Gasteiger partial charge >= 0.3 is 0 Å². The number of hydrogen-bond donors (Lipinski definition) is 0. The van der Waals surface area contributed by atoms with Gasteiger partial charge in [-0.25, -0.2) is 35.1 Å². The van der Waals surface area contributed by atoms with Gasteiger partial charge in [-0.1, -0.05) is 36.4 Å². The number of hydrogen-bond acceptors (Lipinski definition) is 1.